The van der Waals surface area contributed by atoms with Crippen LogP contribution in [0.5, 0.6) is 0 Å². The lowest BCUT2D eigenvalue weighted by Gasteiger charge is -2.18. The molecule has 1 saturated heterocycles. The number of rotatable bonds is 6. The summed E-state index contributed by atoms with van der Waals surface area (Å²) >= 11 is 0. The normalized spacial score (nSPS) is 17.8. The van der Waals surface area contributed by atoms with Crippen molar-refractivity contribution in [1.29, 1.82) is 0 Å². The zero-order chi connectivity index (χ0) is 21.6. The van der Waals surface area contributed by atoms with Gasteiger partial charge in [-0.25, -0.2) is 22.0 Å². The SMILES string of the molecule is O=C(NS(=O)(=O)C1(Cc2ccc(F)cc2)CC1)c1cnn2ccc(N3CCCC3)cc12. The van der Waals surface area contributed by atoms with Gasteiger partial charge in [0, 0.05) is 25.0 Å². The molecule has 5 rings (SSSR count). The Kier molecular flexibility index (Phi) is 4.73. The maximum Gasteiger partial charge on any atom is 0.268 e. The first-order chi connectivity index (χ1) is 14.9. The maximum atomic E-state index is 13.2. The number of sulfonamides is 1. The summed E-state index contributed by atoms with van der Waals surface area (Å²) in [4.78, 5) is 15.2. The van der Waals surface area contributed by atoms with Crippen molar-refractivity contribution in [2.24, 2.45) is 0 Å². The van der Waals surface area contributed by atoms with Gasteiger partial charge in [0.1, 0.15) is 5.82 Å². The average Bonchev–Trinajstić information content (AvgIpc) is 3.16. The van der Waals surface area contributed by atoms with Crippen molar-refractivity contribution in [3.8, 4) is 0 Å². The lowest BCUT2D eigenvalue weighted by molar-refractivity contribution is 0.0982. The monoisotopic (exact) mass is 442 g/mol. The Labute approximate surface area is 179 Å². The summed E-state index contributed by atoms with van der Waals surface area (Å²) in [7, 11) is -3.92. The fourth-order valence-electron chi connectivity index (χ4n) is 4.26. The number of hydrogen-bond donors (Lipinski definition) is 1. The third-order valence-corrected chi connectivity index (χ3v) is 8.41. The highest BCUT2D eigenvalue weighted by Crippen LogP contribution is 2.45. The number of pyridine rings is 1. The van der Waals surface area contributed by atoms with Gasteiger partial charge in [-0.2, -0.15) is 5.10 Å². The number of nitrogens with zero attached hydrogens (tertiary/aromatic N) is 3. The van der Waals surface area contributed by atoms with Crippen LogP contribution in [0.3, 0.4) is 0 Å². The van der Waals surface area contributed by atoms with Crippen LogP contribution in [0.1, 0.15) is 41.6 Å². The highest BCUT2D eigenvalue weighted by molar-refractivity contribution is 7.91. The maximum absolute atomic E-state index is 13.2. The minimum absolute atomic E-state index is 0.224. The molecule has 162 valence electrons. The fraction of sp³-hybridized carbons (Fsp3) is 0.364. The van der Waals surface area contributed by atoms with Crippen LogP contribution in [0.25, 0.3) is 5.52 Å². The number of aromatic nitrogens is 2. The smallest absolute Gasteiger partial charge is 0.268 e. The Morgan fingerprint density at radius 3 is 2.52 bits per heavy atom. The molecule has 7 nitrogen and oxygen atoms in total. The van der Waals surface area contributed by atoms with Gasteiger partial charge >= 0.3 is 0 Å². The number of carbonyl (C=O) groups excluding carboxylic acids is 1. The van der Waals surface area contributed by atoms with E-state index in [4.69, 9.17) is 0 Å². The second-order valence-electron chi connectivity index (χ2n) is 8.39. The number of anilines is 1. The van der Waals surface area contributed by atoms with Gasteiger partial charge in [-0.3, -0.25) is 4.79 Å². The van der Waals surface area contributed by atoms with E-state index in [9.17, 15) is 17.6 Å². The van der Waals surface area contributed by atoms with E-state index in [0.717, 1.165) is 37.2 Å². The van der Waals surface area contributed by atoms with Crippen LogP contribution in [0.4, 0.5) is 10.1 Å². The molecule has 3 heterocycles. The van der Waals surface area contributed by atoms with Crippen LogP contribution >= 0.6 is 0 Å². The van der Waals surface area contributed by atoms with Crippen LogP contribution in [-0.2, 0) is 16.4 Å². The van der Waals surface area contributed by atoms with Gasteiger partial charge in [-0.05, 0) is 61.9 Å². The molecule has 1 saturated carbocycles. The summed E-state index contributed by atoms with van der Waals surface area (Å²) in [6, 6.07) is 9.62. The lowest BCUT2D eigenvalue weighted by atomic mass is 10.1. The molecular weight excluding hydrogens is 419 g/mol. The summed E-state index contributed by atoms with van der Waals surface area (Å²) in [6.07, 6.45) is 6.60. The number of halogens is 1. The molecule has 0 radical (unpaired) electrons. The molecule has 1 aliphatic heterocycles. The van der Waals surface area contributed by atoms with E-state index in [0.29, 0.717) is 18.4 Å². The summed E-state index contributed by atoms with van der Waals surface area (Å²) in [5.74, 6) is -1.05. The van der Waals surface area contributed by atoms with E-state index in [2.05, 4.69) is 14.7 Å². The van der Waals surface area contributed by atoms with Crippen molar-refractivity contribution in [2.45, 2.75) is 36.9 Å². The van der Waals surface area contributed by atoms with Gasteiger partial charge in [0.15, 0.2) is 0 Å². The largest absolute Gasteiger partial charge is 0.371 e. The van der Waals surface area contributed by atoms with Gasteiger partial charge in [-0.1, -0.05) is 12.1 Å². The third kappa shape index (κ3) is 3.67. The molecule has 1 aliphatic carbocycles. The highest BCUT2D eigenvalue weighted by Gasteiger charge is 2.55. The number of amides is 1. The van der Waals surface area contributed by atoms with Gasteiger partial charge in [0.05, 0.1) is 22.0 Å². The van der Waals surface area contributed by atoms with E-state index in [-0.39, 0.29) is 17.8 Å². The van der Waals surface area contributed by atoms with Gasteiger partial charge < -0.3 is 4.90 Å². The van der Waals surface area contributed by atoms with Gasteiger partial charge in [0.2, 0.25) is 10.0 Å². The van der Waals surface area contributed by atoms with E-state index >= 15 is 0 Å². The molecule has 0 unspecified atom stereocenters. The summed E-state index contributed by atoms with van der Waals surface area (Å²) in [6.45, 7) is 1.93. The Morgan fingerprint density at radius 1 is 1.13 bits per heavy atom. The third-order valence-electron chi connectivity index (χ3n) is 6.27. The predicted molar refractivity (Wildman–Crippen MR) is 115 cm³/mol. The number of benzene rings is 1. The summed E-state index contributed by atoms with van der Waals surface area (Å²) in [5, 5.41) is 4.20. The van der Waals surface area contributed by atoms with E-state index < -0.39 is 20.7 Å². The molecular formula is C22H23FN4O3S. The van der Waals surface area contributed by atoms with Crippen molar-refractivity contribution >= 4 is 27.1 Å². The van der Waals surface area contributed by atoms with E-state index in [1.165, 1.54) is 18.3 Å². The van der Waals surface area contributed by atoms with Crippen molar-refractivity contribution in [3.05, 3.63) is 65.7 Å². The van der Waals surface area contributed by atoms with Crippen LogP contribution < -0.4 is 9.62 Å². The van der Waals surface area contributed by atoms with Crippen molar-refractivity contribution in [1.82, 2.24) is 14.3 Å². The molecule has 1 aromatic carbocycles. The molecule has 2 aliphatic rings. The number of fused-ring (bicyclic) bond motifs is 1. The summed E-state index contributed by atoms with van der Waals surface area (Å²) < 4.78 is 42.1. The Balaban J connectivity index is 1.38. The van der Waals surface area contributed by atoms with Crippen molar-refractivity contribution in [2.75, 3.05) is 18.0 Å². The first-order valence-electron chi connectivity index (χ1n) is 10.4. The molecule has 31 heavy (non-hydrogen) atoms. The lowest BCUT2D eigenvalue weighted by Crippen LogP contribution is -2.41. The molecule has 0 atom stereocenters. The quantitative estimate of drug-likeness (QED) is 0.635. The Hall–Kier alpha value is -2.94. The average molecular weight is 443 g/mol. The zero-order valence-corrected chi connectivity index (χ0v) is 17.7. The molecule has 0 bridgehead atoms. The van der Waals surface area contributed by atoms with E-state index in [1.54, 1.807) is 22.8 Å². The Morgan fingerprint density at radius 2 is 1.84 bits per heavy atom. The van der Waals surface area contributed by atoms with Crippen molar-refractivity contribution < 1.29 is 17.6 Å². The molecule has 9 heteroatoms. The van der Waals surface area contributed by atoms with Crippen molar-refractivity contribution in [3.63, 3.8) is 0 Å². The molecule has 1 amide bonds. The standard InChI is InChI=1S/C22H23FN4O3S/c23-17-5-3-16(4-6-17)14-22(8-9-22)31(29,30)25-21(28)19-15-24-27-12-7-18(13-20(19)27)26-10-1-2-11-26/h3-7,12-13,15H,1-2,8-11,14H2,(H,25,28). The molecule has 3 aromatic rings. The first-order valence-corrected chi connectivity index (χ1v) is 11.9. The first kappa shape index (κ1) is 20.0. The zero-order valence-electron chi connectivity index (χ0n) is 16.9. The minimum Gasteiger partial charge on any atom is -0.371 e. The molecule has 2 fully saturated rings. The van der Waals surface area contributed by atoms with Crippen LogP contribution in [-0.4, -0.2) is 41.8 Å². The van der Waals surface area contributed by atoms with Gasteiger partial charge in [0.25, 0.3) is 5.91 Å². The number of hydrogen-bond acceptors (Lipinski definition) is 5. The Bertz CT molecular complexity index is 1240. The van der Waals surface area contributed by atoms with Crippen LogP contribution in [0.2, 0.25) is 0 Å². The van der Waals surface area contributed by atoms with Crippen LogP contribution in [0, 0.1) is 5.82 Å². The summed E-state index contributed by atoms with van der Waals surface area (Å²) in [5.41, 5.74) is 2.52. The fourth-order valence-corrected chi connectivity index (χ4v) is 5.82. The number of carbonyl (C=O) groups is 1. The molecule has 0 spiro atoms. The second-order valence-corrected chi connectivity index (χ2v) is 10.5. The van der Waals surface area contributed by atoms with Crippen LogP contribution in [0.15, 0.2) is 48.8 Å². The highest BCUT2D eigenvalue weighted by atomic mass is 32.2. The predicted octanol–water partition coefficient (Wildman–Crippen LogP) is 2.91. The number of nitrogens with one attached hydrogen (secondary N) is 1. The van der Waals surface area contributed by atoms with Gasteiger partial charge in [-0.15, -0.1) is 0 Å². The molecule has 1 N–H and O–H groups in total. The topological polar surface area (TPSA) is 83.8 Å². The minimum atomic E-state index is -3.92. The molecule has 2 aromatic heterocycles. The van der Waals surface area contributed by atoms with E-state index in [1.807, 2.05) is 12.1 Å². The second kappa shape index (κ2) is 7.33.